The second-order valence-electron chi connectivity index (χ2n) is 9.67. The first-order valence-corrected chi connectivity index (χ1v) is 14.4. The average Bonchev–Trinajstić information content (AvgIpc) is 2.96. The van der Waals surface area contributed by atoms with E-state index in [4.69, 9.17) is 0 Å². The van der Waals surface area contributed by atoms with E-state index in [0.717, 1.165) is 0 Å². The van der Waals surface area contributed by atoms with Crippen molar-refractivity contribution in [3.63, 3.8) is 0 Å². The van der Waals surface area contributed by atoms with Crippen molar-refractivity contribution >= 4 is 33.2 Å². The van der Waals surface area contributed by atoms with E-state index in [0.29, 0.717) is 61.2 Å². The van der Waals surface area contributed by atoms with Crippen LogP contribution in [0.15, 0.2) is 90.0 Å². The summed E-state index contributed by atoms with van der Waals surface area (Å²) in [6.07, 6.45) is 2.92. The molecule has 8 nitrogen and oxygen atoms in total. The van der Waals surface area contributed by atoms with Gasteiger partial charge in [-0.05, 0) is 73.5 Å². The highest BCUT2D eigenvalue weighted by Gasteiger charge is 2.31. The van der Waals surface area contributed by atoms with Crippen LogP contribution >= 0.6 is 0 Å². The minimum Gasteiger partial charge on any atom is -0.340 e. The summed E-state index contributed by atoms with van der Waals surface area (Å²) in [4.78, 5) is 11.0. The lowest BCUT2D eigenvalue weighted by Gasteiger charge is -2.36. The molecule has 40 heavy (non-hydrogen) atoms. The Hall–Kier alpha value is -3.93. The van der Waals surface area contributed by atoms with Crippen LogP contribution in [0.25, 0.3) is 0 Å². The van der Waals surface area contributed by atoms with E-state index in [2.05, 4.69) is 25.5 Å². The third kappa shape index (κ3) is 6.61. The van der Waals surface area contributed by atoms with Gasteiger partial charge in [0.2, 0.25) is 16.0 Å². The van der Waals surface area contributed by atoms with Gasteiger partial charge in [0.15, 0.2) is 0 Å². The van der Waals surface area contributed by atoms with Crippen LogP contribution < -0.4 is 10.6 Å². The molecule has 1 aliphatic rings. The zero-order valence-corrected chi connectivity index (χ0v) is 22.8. The van der Waals surface area contributed by atoms with Crippen LogP contribution in [0.4, 0.5) is 31.9 Å². The summed E-state index contributed by atoms with van der Waals surface area (Å²) < 4.78 is 55.3. The second kappa shape index (κ2) is 12.1. The van der Waals surface area contributed by atoms with Gasteiger partial charge >= 0.3 is 0 Å². The first kappa shape index (κ1) is 27.6. The predicted octanol–water partition coefficient (Wildman–Crippen LogP) is 5.53. The van der Waals surface area contributed by atoms with Crippen LogP contribution in [0, 0.1) is 11.6 Å². The molecule has 0 atom stereocenters. The van der Waals surface area contributed by atoms with E-state index in [1.165, 1.54) is 22.5 Å². The highest BCUT2D eigenvalue weighted by atomic mass is 32.2. The Morgan fingerprint density at radius 2 is 1.55 bits per heavy atom. The molecule has 5 rings (SSSR count). The number of benzene rings is 3. The number of halogens is 2. The van der Waals surface area contributed by atoms with Crippen LogP contribution in [0.2, 0.25) is 0 Å². The quantitative estimate of drug-likeness (QED) is 0.276. The van der Waals surface area contributed by atoms with E-state index in [9.17, 15) is 17.2 Å². The van der Waals surface area contributed by atoms with Crippen molar-refractivity contribution in [3.05, 3.63) is 102 Å². The van der Waals surface area contributed by atoms with Crippen LogP contribution in [-0.2, 0) is 16.6 Å². The Labute approximate surface area is 232 Å². The maximum Gasteiger partial charge on any atom is 0.243 e. The van der Waals surface area contributed by atoms with Gasteiger partial charge < -0.3 is 10.6 Å². The monoisotopic (exact) mass is 564 g/mol. The lowest BCUT2D eigenvalue weighted by molar-refractivity contribution is 0.162. The molecular weight excluding hydrogens is 534 g/mol. The van der Waals surface area contributed by atoms with Crippen molar-refractivity contribution in [2.24, 2.45) is 0 Å². The third-order valence-corrected chi connectivity index (χ3v) is 8.91. The second-order valence-corrected chi connectivity index (χ2v) is 11.7. The molecule has 4 aromatic rings. The Morgan fingerprint density at radius 1 is 0.900 bits per heavy atom. The van der Waals surface area contributed by atoms with Crippen molar-refractivity contribution in [2.45, 2.75) is 30.3 Å². The van der Waals surface area contributed by atoms with E-state index in [1.807, 2.05) is 6.07 Å². The van der Waals surface area contributed by atoms with Crippen molar-refractivity contribution in [2.75, 3.05) is 30.8 Å². The SMILES string of the molecule is CN(C1CCN(Cc2ccccc2F)CC1)S(=O)(=O)c1ccc(Nc2nccc(Nc3ccc(F)cc3)n2)cc1. The first-order valence-electron chi connectivity index (χ1n) is 12.9. The van der Waals surface area contributed by atoms with E-state index in [1.54, 1.807) is 67.8 Å². The fraction of sp³-hybridized carbons (Fsp3) is 0.241. The largest absolute Gasteiger partial charge is 0.340 e. The molecule has 0 aliphatic carbocycles. The van der Waals surface area contributed by atoms with Gasteiger partial charge in [0.05, 0.1) is 4.90 Å². The highest BCUT2D eigenvalue weighted by molar-refractivity contribution is 7.89. The maximum atomic E-state index is 14.0. The number of nitrogens with one attached hydrogen (secondary N) is 2. The number of nitrogens with zero attached hydrogens (tertiary/aromatic N) is 4. The van der Waals surface area contributed by atoms with E-state index < -0.39 is 10.0 Å². The summed E-state index contributed by atoms with van der Waals surface area (Å²) in [5.41, 5.74) is 1.96. The topological polar surface area (TPSA) is 90.5 Å². The number of anilines is 4. The number of piperidine rings is 1. The maximum absolute atomic E-state index is 14.0. The molecule has 0 amide bonds. The van der Waals surface area contributed by atoms with Crippen LogP contribution in [0.3, 0.4) is 0 Å². The molecule has 0 unspecified atom stereocenters. The molecule has 3 aromatic carbocycles. The van der Waals surface area contributed by atoms with Gasteiger partial charge in [-0.25, -0.2) is 22.2 Å². The minimum atomic E-state index is -3.70. The summed E-state index contributed by atoms with van der Waals surface area (Å²) in [6.45, 7) is 1.90. The third-order valence-electron chi connectivity index (χ3n) is 6.98. The van der Waals surface area contributed by atoms with Gasteiger partial charge in [-0.2, -0.15) is 9.29 Å². The van der Waals surface area contributed by atoms with E-state index >= 15 is 0 Å². The molecule has 0 bridgehead atoms. The van der Waals surface area contributed by atoms with Gasteiger partial charge in [0, 0.05) is 55.9 Å². The van der Waals surface area contributed by atoms with Crippen molar-refractivity contribution in [1.29, 1.82) is 0 Å². The van der Waals surface area contributed by atoms with Crippen LogP contribution in [-0.4, -0.2) is 53.8 Å². The zero-order valence-electron chi connectivity index (χ0n) is 22.0. The Kier molecular flexibility index (Phi) is 8.34. The molecule has 0 saturated carbocycles. The Morgan fingerprint density at radius 3 is 2.25 bits per heavy atom. The van der Waals surface area contributed by atoms with Crippen molar-refractivity contribution in [1.82, 2.24) is 19.2 Å². The fourth-order valence-electron chi connectivity index (χ4n) is 4.68. The van der Waals surface area contributed by atoms with Crippen LogP contribution in [0.5, 0.6) is 0 Å². The highest BCUT2D eigenvalue weighted by Crippen LogP contribution is 2.26. The zero-order chi connectivity index (χ0) is 28.1. The summed E-state index contributed by atoms with van der Waals surface area (Å²) in [5.74, 6) is 0.296. The standard InChI is InChI=1S/C29H30F2N6O2S/c1-36(25-15-18-37(19-16-25)20-21-4-2-3-5-27(21)31)40(38,39)26-12-10-24(11-13-26)34-29-32-17-14-28(35-29)33-23-8-6-22(30)7-9-23/h2-14,17,25H,15-16,18-20H2,1H3,(H2,32,33,34,35). The van der Waals surface area contributed by atoms with Crippen molar-refractivity contribution < 1.29 is 17.2 Å². The molecular formula is C29H30F2N6O2S. The Bertz CT molecular complexity index is 1540. The van der Waals surface area contributed by atoms with Gasteiger partial charge in [-0.1, -0.05) is 18.2 Å². The number of likely N-dealkylation sites (tertiary alicyclic amines) is 1. The number of hydrogen-bond acceptors (Lipinski definition) is 7. The number of aromatic nitrogens is 2. The molecule has 2 N–H and O–H groups in total. The molecule has 1 fully saturated rings. The summed E-state index contributed by atoms with van der Waals surface area (Å²) in [6, 6.07) is 20.7. The summed E-state index contributed by atoms with van der Waals surface area (Å²) >= 11 is 0. The average molecular weight is 565 g/mol. The minimum absolute atomic E-state index is 0.135. The molecule has 0 spiro atoms. The van der Waals surface area contributed by atoms with Crippen molar-refractivity contribution in [3.8, 4) is 0 Å². The van der Waals surface area contributed by atoms with Gasteiger partial charge in [-0.3, -0.25) is 4.90 Å². The lowest BCUT2D eigenvalue weighted by Crippen LogP contribution is -2.45. The number of sulfonamides is 1. The molecule has 11 heteroatoms. The Balaban J connectivity index is 1.18. The predicted molar refractivity (Wildman–Crippen MR) is 151 cm³/mol. The van der Waals surface area contributed by atoms with E-state index in [-0.39, 0.29) is 22.6 Å². The smallest absolute Gasteiger partial charge is 0.243 e. The number of rotatable bonds is 9. The van der Waals surface area contributed by atoms with Gasteiger partial charge in [-0.15, -0.1) is 0 Å². The number of hydrogen-bond donors (Lipinski definition) is 2. The first-order chi connectivity index (χ1) is 19.3. The summed E-state index contributed by atoms with van der Waals surface area (Å²) in [7, 11) is -2.08. The van der Waals surface area contributed by atoms with Gasteiger partial charge in [0.25, 0.3) is 0 Å². The molecule has 208 valence electrons. The molecule has 1 aromatic heterocycles. The molecule has 1 saturated heterocycles. The fourth-order valence-corrected chi connectivity index (χ4v) is 6.10. The molecule has 1 aliphatic heterocycles. The molecule has 2 heterocycles. The normalized spacial score (nSPS) is 14.8. The summed E-state index contributed by atoms with van der Waals surface area (Å²) in [5, 5.41) is 6.16. The van der Waals surface area contributed by atoms with Gasteiger partial charge in [0.1, 0.15) is 17.5 Å². The lowest BCUT2D eigenvalue weighted by atomic mass is 10.0. The van der Waals surface area contributed by atoms with Crippen LogP contribution in [0.1, 0.15) is 18.4 Å². The molecule has 0 radical (unpaired) electrons.